The number of aromatic nitrogens is 2. The first kappa shape index (κ1) is 22.0. The molecule has 3 aromatic carbocycles. The van der Waals surface area contributed by atoms with Crippen molar-refractivity contribution in [2.75, 3.05) is 0 Å². The molecule has 0 radical (unpaired) electrons. The van der Waals surface area contributed by atoms with Crippen LogP contribution < -0.4 is 5.14 Å². The summed E-state index contributed by atoms with van der Waals surface area (Å²) in [5.41, 5.74) is 1.43. The average Bonchev–Trinajstić information content (AvgIpc) is 3.13. The zero-order valence-electron chi connectivity index (χ0n) is 16.4. The van der Waals surface area contributed by atoms with E-state index >= 15 is 0 Å². The van der Waals surface area contributed by atoms with Crippen LogP contribution in [0.2, 0.25) is 0 Å². The van der Waals surface area contributed by atoms with Crippen LogP contribution in [0.1, 0.15) is 17.0 Å². The largest absolute Gasteiger partial charge is 0.416 e. The summed E-state index contributed by atoms with van der Waals surface area (Å²) < 4.78 is 76.1. The molecule has 4 aromatic rings. The molecule has 0 aliphatic heterocycles. The van der Waals surface area contributed by atoms with Crippen LogP contribution in [0.15, 0.2) is 65.6 Å². The maximum Gasteiger partial charge on any atom is 0.416 e. The van der Waals surface area contributed by atoms with Crippen molar-refractivity contribution < 1.29 is 26.0 Å². The summed E-state index contributed by atoms with van der Waals surface area (Å²) >= 11 is 0. The van der Waals surface area contributed by atoms with E-state index < -0.39 is 27.6 Å². The summed E-state index contributed by atoms with van der Waals surface area (Å²) in [7, 11) is -3.93. The maximum atomic E-state index is 13.6. The molecule has 0 aliphatic carbocycles. The minimum atomic E-state index is -4.63. The number of H-pyrrole nitrogens is 1. The van der Waals surface area contributed by atoms with Crippen LogP contribution in [0.4, 0.5) is 17.6 Å². The van der Waals surface area contributed by atoms with Crippen molar-refractivity contribution in [3.8, 4) is 11.1 Å². The third-order valence-electron chi connectivity index (χ3n) is 4.97. The summed E-state index contributed by atoms with van der Waals surface area (Å²) in [6, 6.07) is 13.9. The predicted octanol–water partition coefficient (Wildman–Crippen LogP) is 4.82. The molecule has 0 unspecified atom stereocenters. The SMILES string of the molecule is NS(=O)(=O)c1ccccc1-c1ccc2[nH]c(CCc3cc(F)cc(C(F)(F)F)c3)nc2c1. The van der Waals surface area contributed by atoms with Gasteiger partial charge in [-0.05, 0) is 53.9 Å². The number of halogens is 4. The van der Waals surface area contributed by atoms with E-state index in [1.165, 1.54) is 6.07 Å². The Balaban J connectivity index is 1.61. The first-order valence-corrected chi connectivity index (χ1v) is 11.0. The molecule has 0 aliphatic rings. The van der Waals surface area contributed by atoms with E-state index in [0.29, 0.717) is 34.1 Å². The van der Waals surface area contributed by atoms with Gasteiger partial charge < -0.3 is 4.98 Å². The van der Waals surface area contributed by atoms with E-state index in [1.807, 2.05) is 0 Å². The van der Waals surface area contributed by atoms with Gasteiger partial charge in [0.05, 0.1) is 21.5 Å². The van der Waals surface area contributed by atoms with Gasteiger partial charge in [0.2, 0.25) is 10.0 Å². The van der Waals surface area contributed by atoms with Crippen LogP contribution in [0.25, 0.3) is 22.2 Å². The van der Waals surface area contributed by atoms with Gasteiger partial charge in [-0.3, -0.25) is 0 Å². The lowest BCUT2D eigenvalue weighted by Gasteiger charge is -2.09. The van der Waals surface area contributed by atoms with Crippen molar-refractivity contribution in [3.63, 3.8) is 0 Å². The summed E-state index contributed by atoms with van der Waals surface area (Å²) in [6.45, 7) is 0. The van der Waals surface area contributed by atoms with Crippen molar-refractivity contribution in [3.05, 3.63) is 83.4 Å². The van der Waals surface area contributed by atoms with Crippen LogP contribution in [0.5, 0.6) is 0 Å². The molecule has 1 aromatic heterocycles. The number of sulfonamides is 1. The fraction of sp³-hybridized carbons (Fsp3) is 0.136. The summed E-state index contributed by atoms with van der Waals surface area (Å²) in [5.74, 6) is -0.438. The molecule has 0 saturated heterocycles. The number of hydrogen-bond donors (Lipinski definition) is 2. The molecule has 0 fully saturated rings. The molecule has 4 rings (SSSR count). The van der Waals surface area contributed by atoms with Crippen molar-refractivity contribution in [2.45, 2.75) is 23.9 Å². The van der Waals surface area contributed by atoms with Gasteiger partial charge in [0.25, 0.3) is 0 Å². The number of aromatic amines is 1. The molecule has 3 N–H and O–H groups in total. The number of hydrogen-bond acceptors (Lipinski definition) is 3. The number of rotatable bonds is 5. The molecule has 10 heteroatoms. The van der Waals surface area contributed by atoms with E-state index in [2.05, 4.69) is 9.97 Å². The van der Waals surface area contributed by atoms with Crippen molar-refractivity contribution in [2.24, 2.45) is 5.14 Å². The number of nitrogens with one attached hydrogen (secondary N) is 1. The predicted molar refractivity (Wildman–Crippen MR) is 112 cm³/mol. The van der Waals surface area contributed by atoms with E-state index in [1.54, 1.807) is 36.4 Å². The molecule has 0 amide bonds. The zero-order chi connectivity index (χ0) is 23.1. The fourth-order valence-electron chi connectivity index (χ4n) is 3.52. The Morgan fingerprint density at radius 3 is 2.44 bits per heavy atom. The number of aryl methyl sites for hydroxylation is 2. The van der Waals surface area contributed by atoms with Crippen molar-refractivity contribution in [1.82, 2.24) is 9.97 Å². The number of fused-ring (bicyclic) bond motifs is 1. The Bertz CT molecular complexity index is 1410. The molecule has 1 heterocycles. The van der Waals surface area contributed by atoms with Crippen LogP contribution in [0, 0.1) is 5.82 Å². The van der Waals surface area contributed by atoms with Crippen LogP contribution >= 0.6 is 0 Å². The number of nitrogens with two attached hydrogens (primary N) is 1. The van der Waals surface area contributed by atoms with Gasteiger partial charge in [-0.25, -0.2) is 22.9 Å². The number of imidazole rings is 1. The Hall–Kier alpha value is -3.24. The first-order chi connectivity index (χ1) is 15.0. The lowest BCUT2D eigenvalue weighted by Crippen LogP contribution is -2.13. The third kappa shape index (κ3) is 4.66. The van der Waals surface area contributed by atoms with E-state index in [0.717, 1.165) is 12.1 Å². The topological polar surface area (TPSA) is 88.8 Å². The van der Waals surface area contributed by atoms with Gasteiger partial charge in [-0.1, -0.05) is 24.3 Å². The molecule has 0 saturated carbocycles. The molecule has 0 bridgehead atoms. The second-order valence-electron chi connectivity index (χ2n) is 7.30. The molecule has 0 atom stereocenters. The minimum absolute atomic E-state index is 0.0123. The molecule has 32 heavy (non-hydrogen) atoms. The lowest BCUT2D eigenvalue weighted by molar-refractivity contribution is -0.137. The molecule has 5 nitrogen and oxygen atoms in total. The highest BCUT2D eigenvalue weighted by Gasteiger charge is 2.31. The third-order valence-corrected chi connectivity index (χ3v) is 5.94. The number of benzene rings is 3. The van der Waals surface area contributed by atoms with E-state index in [9.17, 15) is 26.0 Å². The Labute approximate surface area is 181 Å². The summed E-state index contributed by atoms with van der Waals surface area (Å²) in [5, 5.41) is 5.31. The van der Waals surface area contributed by atoms with Gasteiger partial charge in [0.15, 0.2) is 0 Å². The molecule has 166 valence electrons. The summed E-state index contributed by atoms with van der Waals surface area (Å²) in [6.07, 6.45) is -4.21. The van der Waals surface area contributed by atoms with E-state index in [-0.39, 0.29) is 23.3 Å². The lowest BCUT2D eigenvalue weighted by atomic mass is 10.1. The van der Waals surface area contributed by atoms with Crippen LogP contribution in [0.3, 0.4) is 0 Å². The van der Waals surface area contributed by atoms with Gasteiger partial charge in [-0.15, -0.1) is 0 Å². The van der Waals surface area contributed by atoms with Gasteiger partial charge in [-0.2, -0.15) is 13.2 Å². The van der Waals surface area contributed by atoms with Crippen LogP contribution in [-0.4, -0.2) is 18.4 Å². The molecule has 0 spiro atoms. The van der Waals surface area contributed by atoms with Gasteiger partial charge in [0, 0.05) is 12.0 Å². The van der Waals surface area contributed by atoms with E-state index in [4.69, 9.17) is 5.14 Å². The smallest absolute Gasteiger partial charge is 0.342 e. The Morgan fingerprint density at radius 2 is 1.72 bits per heavy atom. The second-order valence-corrected chi connectivity index (χ2v) is 8.83. The number of nitrogens with zero attached hydrogens (tertiary/aromatic N) is 1. The summed E-state index contributed by atoms with van der Waals surface area (Å²) in [4.78, 5) is 7.51. The zero-order valence-corrected chi connectivity index (χ0v) is 17.3. The molecular weight excluding hydrogens is 446 g/mol. The standard InChI is InChI=1S/C22H17F4N3O2S/c23-16-10-13(9-15(12-16)22(24,25)26)5-8-21-28-18-7-6-14(11-19(18)29-21)17-3-1-2-4-20(17)32(27,30)31/h1-4,6-7,9-12H,5,8H2,(H,28,29)(H2,27,30,31). The highest BCUT2D eigenvalue weighted by atomic mass is 32.2. The normalized spacial score (nSPS) is 12.4. The number of primary sulfonamides is 1. The Kier molecular flexibility index (Phi) is 5.51. The monoisotopic (exact) mass is 463 g/mol. The number of alkyl halides is 3. The highest BCUT2D eigenvalue weighted by molar-refractivity contribution is 7.89. The maximum absolute atomic E-state index is 13.6. The van der Waals surface area contributed by atoms with Crippen LogP contribution in [-0.2, 0) is 29.0 Å². The quantitative estimate of drug-likeness (QED) is 0.416. The van der Waals surface area contributed by atoms with Gasteiger partial charge in [0.1, 0.15) is 11.6 Å². The van der Waals surface area contributed by atoms with Gasteiger partial charge >= 0.3 is 6.18 Å². The first-order valence-electron chi connectivity index (χ1n) is 9.48. The Morgan fingerprint density at radius 1 is 0.969 bits per heavy atom. The molecular formula is C22H17F4N3O2S. The highest BCUT2D eigenvalue weighted by Crippen LogP contribution is 2.31. The fourth-order valence-corrected chi connectivity index (χ4v) is 4.28. The second kappa shape index (κ2) is 8.03. The average molecular weight is 463 g/mol. The van der Waals surface area contributed by atoms with Crippen molar-refractivity contribution >= 4 is 21.1 Å². The minimum Gasteiger partial charge on any atom is -0.342 e. The van der Waals surface area contributed by atoms with Crippen molar-refractivity contribution in [1.29, 1.82) is 0 Å².